The number of benzene rings is 1. The standard InChI is InChI=1S/C18H25N3OS/c1-3-21-16-12-8-7-11-15(16)20-18(21)23-13(2)17(22)19-14-9-5-4-6-10-14/h7-8,11-14H,3-6,9-10H2,1-2H3,(H,19,22). The van der Waals surface area contributed by atoms with Crippen molar-refractivity contribution in [2.45, 2.75) is 68.9 Å². The number of nitrogens with one attached hydrogen (secondary N) is 1. The Kier molecular flexibility index (Phi) is 5.26. The monoisotopic (exact) mass is 331 g/mol. The Hall–Kier alpha value is -1.49. The Bertz CT molecular complexity index is 676. The van der Waals surface area contributed by atoms with Crippen molar-refractivity contribution in [1.29, 1.82) is 0 Å². The zero-order chi connectivity index (χ0) is 16.2. The molecule has 1 heterocycles. The quantitative estimate of drug-likeness (QED) is 0.843. The number of hydrogen-bond donors (Lipinski definition) is 1. The summed E-state index contributed by atoms with van der Waals surface area (Å²) >= 11 is 1.56. The van der Waals surface area contributed by atoms with Crippen LogP contribution in [0.1, 0.15) is 46.0 Å². The van der Waals surface area contributed by atoms with Crippen molar-refractivity contribution in [3.63, 3.8) is 0 Å². The third kappa shape index (κ3) is 3.71. The van der Waals surface area contributed by atoms with Crippen molar-refractivity contribution >= 4 is 28.7 Å². The van der Waals surface area contributed by atoms with Gasteiger partial charge in [0, 0.05) is 12.6 Å². The smallest absolute Gasteiger partial charge is 0.233 e. The van der Waals surface area contributed by atoms with Gasteiger partial charge < -0.3 is 9.88 Å². The minimum Gasteiger partial charge on any atom is -0.352 e. The summed E-state index contributed by atoms with van der Waals surface area (Å²) in [7, 11) is 0. The first-order valence-corrected chi connectivity index (χ1v) is 9.49. The van der Waals surface area contributed by atoms with E-state index in [1.165, 1.54) is 19.3 Å². The summed E-state index contributed by atoms with van der Waals surface area (Å²) in [6.07, 6.45) is 6.01. The normalized spacial score (nSPS) is 17.3. The number of carbonyl (C=O) groups excluding carboxylic acids is 1. The summed E-state index contributed by atoms with van der Waals surface area (Å²) < 4.78 is 2.18. The van der Waals surface area contributed by atoms with Crippen LogP contribution in [0.5, 0.6) is 0 Å². The van der Waals surface area contributed by atoms with E-state index in [1.54, 1.807) is 11.8 Å². The summed E-state index contributed by atoms with van der Waals surface area (Å²) in [5, 5.41) is 4.02. The molecule has 0 spiro atoms. The fraction of sp³-hybridized carbons (Fsp3) is 0.556. The second kappa shape index (κ2) is 7.39. The van der Waals surface area contributed by atoms with Crippen LogP contribution < -0.4 is 5.32 Å². The van der Waals surface area contributed by atoms with Gasteiger partial charge in [0.15, 0.2) is 5.16 Å². The van der Waals surface area contributed by atoms with E-state index in [0.29, 0.717) is 6.04 Å². The molecule has 1 aromatic carbocycles. The van der Waals surface area contributed by atoms with Crippen LogP contribution in [-0.2, 0) is 11.3 Å². The summed E-state index contributed by atoms with van der Waals surface area (Å²) in [6, 6.07) is 8.51. The Labute approximate surface area is 142 Å². The second-order valence-corrected chi connectivity index (χ2v) is 7.54. The van der Waals surface area contributed by atoms with Crippen LogP contribution in [0.15, 0.2) is 29.4 Å². The van der Waals surface area contributed by atoms with Crippen LogP contribution in [0.3, 0.4) is 0 Å². The number of amides is 1. The maximum atomic E-state index is 12.5. The zero-order valence-corrected chi connectivity index (χ0v) is 14.7. The molecule has 4 nitrogen and oxygen atoms in total. The van der Waals surface area contributed by atoms with Gasteiger partial charge in [0.2, 0.25) is 5.91 Å². The van der Waals surface area contributed by atoms with Crippen molar-refractivity contribution in [2.24, 2.45) is 0 Å². The molecule has 2 aromatic rings. The number of aromatic nitrogens is 2. The van der Waals surface area contributed by atoms with Crippen molar-refractivity contribution in [3.05, 3.63) is 24.3 Å². The predicted octanol–water partition coefficient (Wildman–Crippen LogP) is 3.99. The molecule has 1 atom stereocenters. The topological polar surface area (TPSA) is 46.9 Å². The van der Waals surface area contributed by atoms with Crippen molar-refractivity contribution in [3.8, 4) is 0 Å². The van der Waals surface area contributed by atoms with Crippen LogP contribution in [0.4, 0.5) is 0 Å². The van der Waals surface area contributed by atoms with Gasteiger partial charge >= 0.3 is 0 Å². The molecule has 1 unspecified atom stereocenters. The molecular weight excluding hydrogens is 306 g/mol. The molecule has 1 aromatic heterocycles. The van der Waals surface area contributed by atoms with Gasteiger partial charge in [0.25, 0.3) is 0 Å². The predicted molar refractivity (Wildman–Crippen MR) is 95.7 cm³/mol. The average molecular weight is 331 g/mol. The Morgan fingerprint density at radius 1 is 1.35 bits per heavy atom. The zero-order valence-electron chi connectivity index (χ0n) is 13.9. The highest BCUT2D eigenvalue weighted by atomic mass is 32.2. The third-order valence-corrected chi connectivity index (χ3v) is 5.63. The van der Waals surface area contributed by atoms with Crippen molar-refractivity contribution in [2.75, 3.05) is 0 Å². The van der Waals surface area contributed by atoms with Gasteiger partial charge in [-0.3, -0.25) is 4.79 Å². The SMILES string of the molecule is CCn1c(SC(C)C(=O)NC2CCCCC2)nc2ccccc21. The molecule has 3 rings (SSSR count). The van der Waals surface area contributed by atoms with Gasteiger partial charge in [0.05, 0.1) is 16.3 Å². The van der Waals surface area contributed by atoms with E-state index in [4.69, 9.17) is 4.98 Å². The number of hydrogen-bond acceptors (Lipinski definition) is 3. The van der Waals surface area contributed by atoms with Crippen LogP contribution in [-0.4, -0.2) is 26.8 Å². The Morgan fingerprint density at radius 2 is 2.09 bits per heavy atom. The van der Waals surface area contributed by atoms with Gasteiger partial charge in [0.1, 0.15) is 0 Å². The largest absolute Gasteiger partial charge is 0.352 e. The van der Waals surface area contributed by atoms with Gasteiger partial charge in [-0.25, -0.2) is 4.98 Å². The van der Waals surface area contributed by atoms with E-state index < -0.39 is 0 Å². The van der Waals surface area contributed by atoms with E-state index in [-0.39, 0.29) is 11.2 Å². The molecule has 0 saturated heterocycles. The lowest BCUT2D eigenvalue weighted by Gasteiger charge is -2.24. The summed E-state index contributed by atoms with van der Waals surface area (Å²) in [4.78, 5) is 17.2. The summed E-state index contributed by atoms with van der Waals surface area (Å²) in [6.45, 7) is 4.95. The minimum atomic E-state index is -0.126. The maximum absolute atomic E-state index is 12.5. The van der Waals surface area contributed by atoms with Crippen molar-refractivity contribution < 1.29 is 4.79 Å². The molecule has 5 heteroatoms. The molecule has 0 bridgehead atoms. The number of carbonyl (C=O) groups is 1. The number of nitrogens with zero attached hydrogens (tertiary/aromatic N) is 2. The van der Waals surface area contributed by atoms with E-state index in [9.17, 15) is 4.79 Å². The molecule has 1 N–H and O–H groups in total. The average Bonchev–Trinajstić information content (AvgIpc) is 2.92. The number of fused-ring (bicyclic) bond motifs is 1. The fourth-order valence-electron chi connectivity index (χ4n) is 3.23. The molecular formula is C18H25N3OS. The molecule has 0 radical (unpaired) electrons. The number of aryl methyl sites for hydroxylation is 1. The Balaban J connectivity index is 1.69. The highest BCUT2D eigenvalue weighted by molar-refractivity contribution is 8.00. The fourth-order valence-corrected chi connectivity index (χ4v) is 4.22. The first-order chi connectivity index (χ1) is 11.2. The summed E-state index contributed by atoms with van der Waals surface area (Å²) in [5.41, 5.74) is 2.13. The van der Waals surface area contributed by atoms with Crippen molar-refractivity contribution in [1.82, 2.24) is 14.9 Å². The molecule has 0 aliphatic heterocycles. The van der Waals surface area contributed by atoms with Gasteiger partial charge in [-0.15, -0.1) is 0 Å². The van der Waals surface area contributed by atoms with E-state index >= 15 is 0 Å². The van der Waals surface area contributed by atoms with Gasteiger partial charge in [-0.2, -0.15) is 0 Å². The maximum Gasteiger partial charge on any atom is 0.233 e. The number of para-hydroxylation sites is 2. The molecule has 124 valence electrons. The van der Waals surface area contributed by atoms with Crippen LogP contribution >= 0.6 is 11.8 Å². The molecule has 1 aliphatic rings. The first kappa shape index (κ1) is 16.4. The molecule has 1 amide bonds. The molecule has 1 aliphatic carbocycles. The Morgan fingerprint density at radius 3 is 2.83 bits per heavy atom. The lowest BCUT2D eigenvalue weighted by molar-refractivity contribution is -0.121. The molecule has 1 saturated carbocycles. The summed E-state index contributed by atoms with van der Waals surface area (Å²) in [5.74, 6) is 0.136. The van der Waals surface area contributed by atoms with Crippen LogP contribution in [0.25, 0.3) is 11.0 Å². The highest BCUT2D eigenvalue weighted by Gasteiger charge is 2.22. The van der Waals surface area contributed by atoms with Gasteiger partial charge in [-0.1, -0.05) is 43.2 Å². The van der Waals surface area contributed by atoms with E-state index in [2.05, 4.69) is 22.9 Å². The van der Waals surface area contributed by atoms with Crippen LogP contribution in [0.2, 0.25) is 0 Å². The van der Waals surface area contributed by atoms with Crippen LogP contribution in [0, 0.1) is 0 Å². The minimum absolute atomic E-state index is 0.126. The van der Waals surface area contributed by atoms with E-state index in [0.717, 1.165) is 35.6 Å². The third-order valence-electron chi connectivity index (χ3n) is 4.54. The lowest BCUT2D eigenvalue weighted by Crippen LogP contribution is -2.40. The molecule has 23 heavy (non-hydrogen) atoms. The molecule has 1 fully saturated rings. The lowest BCUT2D eigenvalue weighted by atomic mass is 9.95. The number of imidazole rings is 1. The second-order valence-electron chi connectivity index (χ2n) is 6.23. The number of rotatable bonds is 5. The first-order valence-electron chi connectivity index (χ1n) is 8.61. The van der Waals surface area contributed by atoms with E-state index in [1.807, 2.05) is 25.1 Å². The highest BCUT2D eigenvalue weighted by Crippen LogP contribution is 2.27. The van der Waals surface area contributed by atoms with Gasteiger partial charge in [-0.05, 0) is 38.8 Å². The number of thioether (sulfide) groups is 1.